The van der Waals surface area contributed by atoms with E-state index in [0.717, 1.165) is 15.0 Å². The highest BCUT2D eigenvalue weighted by Crippen LogP contribution is 2.34. The van der Waals surface area contributed by atoms with Gasteiger partial charge in [-0.2, -0.15) is 0 Å². The van der Waals surface area contributed by atoms with Crippen LogP contribution in [0.2, 0.25) is 0 Å². The number of carbonyl (C=O) groups excluding carboxylic acids is 2. The fraction of sp³-hybridized carbons (Fsp3) is 0.214. The van der Waals surface area contributed by atoms with Crippen molar-refractivity contribution in [2.24, 2.45) is 0 Å². The summed E-state index contributed by atoms with van der Waals surface area (Å²) in [5, 5.41) is 10.3. The maximum Gasteiger partial charge on any atom is 0.278 e. The molecule has 5 heterocycles. The first-order chi connectivity index (χ1) is 19.8. The summed E-state index contributed by atoms with van der Waals surface area (Å²) in [7, 11) is 0. The van der Waals surface area contributed by atoms with E-state index in [0.29, 0.717) is 18.1 Å². The topological polar surface area (TPSA) is 158 Å². The fourth-order valence-corrected chi connectivity index (χ4v) is 5.95. The molecule has 1 aliphatic rings. The van der Waals surface area contributed by atoms with Crippen molar-refractivity contribution in [1.29, 1.82) is 0 Å². The van der Waals surface area contributed by atoms with E-state index in [-0.39, 0.29) is 47.5 Å². The predicted molar refractivity (Wildman–Crippen MR) is 151 cm³/mol. The number of nitrogens with two attached hydrogens (primary N) is 1. The van der Waals surface area contributed by atoms with Gasteiger partial charge in [0, 0.05) is 33.1 Å². The van der Waals surface area contributed by atoms with E-state index in [1.54, 1.807) is 30.5 Å². The smallest absolute Gasteiger partial charge is 0.278 e. The number of thiophene rings is 1. The van der Waals surface area contributed by atoms with Crippen LogP contribution < -0.4 is 21.9 Å². The number of hydrogen-bond donors (Lipinski definition) is 3. The van der Waals surface area contributed by atoms with Crippen molar-refractivity contribution in [3.63, 3.8) is 0 Å². The third-order valence-electron chi connectivity index (χ3n) is 6.88. The highest BCUT2D eigenvalue weighted by atomic mass is 32.1. The Bertz CT molecular complexity index is 1860. The van der Waals surface area contributed by atoms with Crippen LogP contribution in [0.1, 0.15) is 41.7 Å². The molecule has 0 bridgehead atoms. The molecule has 1 aliphatic heterocycles. The zero-order valence-electron chi connectivity index (χ0n) is 21.8. The molecule has 4 aromatic heterocycles. The van der Waals surface area contributed by atoms with Crippen molar-refractivity contribution in [2.75, 3.05) is 11.1 Å². The number of benzene rings is 1. The van der Waals surface area contributed by atoms with Crippen LogP contribution in [0.25, 0.3) is 21.4 Å². The molecule has 208 valence electrons. The molecular formula is C28H24FN7O4S. The first-order valence-corrected chi connectivity index (χ1v) is 13.6. The zero-order chi connectivity index (χ0) is 28.7. The number of nitrogens with one attached hydrogen (secondary N) is 2. The van der Waals surface area contributed by atoms with E-state index in [1.165, 1.54) is 34.2 Å². The number of carbonyl (C=O) groups is 2. The van der Waals surface area contributed by atoms with Gasteiger partial charge in [-0.3, -0.25) is 19.0 Å². The van der Waals surface area contributed by atoms with Crippen molar-refractivity contribution in [3.8, 4) is 11.3 Å². The van der Waals surface area contributed by atoms with Crippen LogP contribution in [0, 0.1) is 5.82 Å². The second kappa shape index (κ2) is 10.6. The van der Waals surface area contributed by atoms with Crippen LogP contribution in [-0.4, -0.2) is 31.5 Å². The maximum absolute atomic E-state index is 14.1. The van der Waals surface area contributed by atoms with Crippen LogP contribution in [0.4, 0.5) is 15.9 Å². The van der Waals surface area contributed by atoms with E-state index in [9.17, 15) is 18.8 Å². The Morgan fingerprint density at radius 2 is 2.02 bits per heavy atom. The lowest BCUT2D eigenvalue weighted by atomic mass is 10.1. The second-order valence-corrected chi connectivity index (χ2v) is 11.0. The number of halogens is 1. The molecule has 0 radical (unpaired) electrons. The summed E-state index contributed by atoms with van der Waals surface area (Å²) < 4.78 is 21.6. The Morgan fingerprint density at radius 1 is 1.20 bits per heavy atom. The summed E-state index contributed by atoms with van der Waals surface area (Å²) in [6.45, 7) is 2.18. The van der Waals surface area contributed by atoms with Gasteiger partial charge in [-0.25, -0.2) is 14.4 Å². The van der Waals surface area contributed by atoms with Crippen molar-refractivity contribution >= 4 is 44.7 Å². The molecular weight excluding hydrogens is 549 g/mol. The molecule has 13 heteroatoms. The van der Waals surface area contributed by atoms with Gasteiger partial charge in [0.1, 0.15) is 29.2 Å². The number of hydrogen-bond acceptors (Lipinski definition) is 9. The molecule has 5 aromatic rings. The molecule has 2 amide bonds. The van der Waals surface area contributed by atoms with Gasteiger partial charge in [-0.05, 0) is 30.7 Å². The van der Waals surface area contributed by atoms with Crippen LogP contribution in [0.5, 0.6) is 0 Å². The highest BCUT2D eigenvalue weighted by molar-refractivity contribution is 7.19. The second-order valence-electron chi connectivity index (χ2n) is 9.82. The van der Waals surface area contributed by atoms with Gasteiger partial charge in [-0.1, -0.05) is 24.2 Å². The molecule has 0 aliphatic carbocycles. The minimum absolute atomic E-state index is 0.0573. The summed E-state index contributed by atoms with van der Waals surface area (Å²) in [6.07, 6.45) is 3.17. The van der Waals surface area contributed by atoms with Crippen molar-refractivity contribution in [1.82, 2.24) is 25.0 Å². The average Bonchev–Trinajstić information content (AvgIpc) is 3.66. The number of amides is 2. The normalized spacial score (nSPS) is 16.0. The molecule has 0 unspecified atom stereocenters. The lowest BCUT2D eigenvalue weighted by molar-refractivity contribution is -0.124. The number of pyridine rings is 1. The van der Waals surface area contributed by atoms with E-state index in [4.69, 9.17) is 10.3 Å². The van der Waals surface area contributed by atoms with E-state index >= 15 is 0 Å². The number of fused-ring (bicyclic) bond motifs is 2. The molecule has 6 rings (SSSR count). The van der Waals surface area contributed by atoms with Crippen LogP contribution >= 0.6 is 11.3 Å². The lowest BCUT2D eigenvalue weighted by Gasteiger charge is -2.15. The SMILES string of the molecule is C[C@@H]1C[C@@H](C(=O)NCc2cc3cnc(N)cc3s2)n2c1ncc(NC(=O)Cc1cc(-c3ccccc3F)on1)c2=O. The average molecular weight is 574 g/mol. The van der Waals surface area contributed by atoms with Gasteiger partial charge >= 0.3 is 0 Å². The van der Waals surface area contributed by atoms with E-state index < -0.39 is 23.3 Å². The number of nitrogens with zero attached hydrogens (tertiary/aromatic N) is 4. The van der Waals surface area contributed by atoms with E-state index in [1.807, 2.05) is 13.0 Å². The molecule has 2 atom stereocenters. The minimum Gasteiger partial charge on any atom is -0.384 e. The minimum atomic E-state index is -0.776. The maximum atomic E-state index is 14.1. The largest absolute Gasteiger partial charge is 0.384 e. The third kappa shape index (κ3) is 5.18. The van der Waals surface area contributed by atoms with E-state index in [2.05, 4.69) is 25.8 Å². The molecule has 0 fully saturated rings. The molecule has 11 nitrogen and oxygen atoms in total. The van der Waals surface area contributed by atoms with Crippen molar-refractivity contribution in [2.45, 2.75) is 38.3 Å². The summed E-state index contributed by atoms with van der Waals surface area (Å²) in [5.41, 5.74) is 5.67. The Balaban J connectivity index is 1.15. The predicted octanol–water partition coefficient (Wildman–Crippen LogP) is 3.78. The molecule has 4 N–H and O–H groups in total. The number of nitrogen functional groups attached to an aromatic ring is 1. The quantitative estimate of drug-likeness (QED) is 0.265. The summed E-state index contributed by atoms with van der Waals surface area (Å²) in [4.78, 5) is 48.7. The van der Waals surface area contributed by atoms with Gasteiger partial charge in [-0.15, -0.1) is 11.3 Å². The summed E-state index contributed by atoms with van der Waals surface area (Å²) in [5.74, 6) is -0.378. The standard InChI is InChI=1S/C28H24FN7O4S/c1-14-6-21(27(38)33-12-17-7-15-11-31-24(30)10-23(15)41-17)36-26(14)32-13-20(28(36)39)34-25(37)9-16-8-22(40-35-16)18-4-2-3-5-19(18)29/h2-5,7-8,10-11,13-14,21H,6,9,12H2,1H3,(H2,30,31)(H,33,38)(H,34,37)/t14-,21+/m1/s1. The molecule has 0 saturated heterocycles. The monoisotopic (exact) mass is 573 g/mol. The molecule has 0 spiro atoms. The Kier molecular flexibility index (Phi) is 6.79. The lowest BCUT2D eigenvalue weighted by Crippen LogP contribution is -2.36. The fourth-order valence-electron chi connectivity index (χ4n) is 4.93. The van der Waals surface area contributed by atoms with Gasteiger partial charge in [0.2, 0.25) is 11.8 Å². The Morgan fingerprint density at radius 3 is 2.85 bits per heavy atom. The van der Waals surface area contributed by atoms with Gasteiger partial charge in [0.05, 0.1) is 30.4 Å². The van der Waals surface area contributed by atoms with Crippen LogP contribution in [-0.2, 0) is 22.6 Å². The molecule has 41 heavy (non-hydrogen) atoms. The number of aromatic nitrogens is 4. The van der Waals surface area contributed by atoms with Crippen LogP contribution in [0.3, 0.4) is 0 Å². The number of anilines is 2. The first kappa shape index (κ1) is 26.3. The van der Waals surface area contributed by atoms with Gasteiger partial charge in [0.25, 0.3) is 5.56 Å². The van der Waals surface area contributed by atoms with Crippen LogP contribution in [0.15, 0.2) is 64.2 Å². The van der Waals surface area contributed by atoms with Crippen molar-refractivity contribution < 1.29 is 18.5 Å². The Labute approximate surface area is 236 Å². The van der Waals surface area contributed by atoms with Gasteiger partial charge < -0.3 is 20.9 Å². The first-order valence-electron chi connectivity index (χ1n) is 12.8. The Hall–Kier alpha value is -4.91. The van der Waals surface area contributed by atoms with Crippen molar-refractivity contribution in [3.05, 3.63) is 87.4 Å². The molecule has 1 aromatic carbocycles. The molecule has 0 saturated carbocycles. The van der Waals surface area contributed by atoms with Gasteiger partial charge in [0.15, 0.2) is 5.76 Å². The third-order valence-corrected chi connectivity index (χ3v) is 7.98. The summed E-state index contributed by atoms with van der Waals surface area (Å²) >= 11 is 1.50. The zero-order valence-corrected chi connectivity index (χ0v) is 22.6. The summed E-state index contributed by atoms with van der Waals surface area (Å²) in [6, 6.07) is 10.5. The number of rotatable bonds is 7. The highest BCUT2D eigenvalue weighted by Gasteiger charge is 2.36.